The molecule has 22 heavy (non-hydrogen) atoms. The van der Waals surface area contributed by atoms with Crippen molar-refractivity contribution in [1.82, 2.24) is 5.32 Å². The van der Waals surface area contributed by atoms with Gasteiger partial charge in [-0.1, -0.05) is 60.7 Å². The van der Waals surface area contributed by atoms with E-state index in [0.717, 1.165) is 24.8 Å². The Kier molecular flexibility index (Phi) is 4.25. The number of carbonyl (C=O) groups is 1. The number of amides is 1. The quantitative estimate of drug-likeness (QED) is 0.860. The summed E-state index contributed by atoms with van der Waals surface area (Å²) in [6.07, 6.45) is 2.75. The number of benzene rings is 2. The molecular weight excluding hydrogens is 272 g/mol. The van der Waals surface area contributed by atoms with Gasteiger partial charge in [-0.2, -0.15) is 0 Å². The maximum absolute atomic E-state index is 12.5. The van der Waals surface area contributed by atoms with Crippen molar-refractivity contribution < 1.29 is 4.79 Å². The third-order valence-electron chi connectivity index (χ3n) is 4.43. The highest BCUT2D eigenvalue weighted by Gasteiger charge is 2.49. The van der Waals surface area contributed by atoms with Crippen LogP contribution in [0, 0.1) is 5.41 Å². The summed E-state index contributed by atoms with van der Waals surface area (Å²) in [6, 6.07) is 20.0. The highest BCUT2D eigenvalue weighted by Crippen LogP contribution is 2.48. The normalized spacial score (nSPS) is 16.8. The molecular formula is C19H22N2O. The molecule has 1 unspecified atom stereocenters. The molecule has 2 aromatic rings. The lowest BCUT2D eigenvalue weighted by Gasteiger charge is -2.18. The molecule has 3 N–H and O–H groups in total. The lowest BCUT2D eigenvalue weighted by Crippen LogP contribution is -2.37. The minimum absolute atomic E-state index is 0.141. The zero-order chi connectivity index (χ0) is 15.4. The standard InChI is InChI=1S/C19H22N2O/c20-17(16-9-5-2-6-10-16)14-21-18(22)19(11-12-19)13-15-7-3-1-4-8-15/h1-10,17H,11-14,20H2,(H,21,22). The number of hydrogen-bond acceptors (Lipinski definition) is 2. The van der Waals surface area contributed by atoms with Crippen LogP contribution in [0.15, 0.2) is 60.7 Å². The molecule has 1 amide bonds. The van der Waals surface area contributed by atoms with Crippen LogP contribution >= 0.6 is 0 Å². The Bertz CT molecular complexity index is 620. The third kappa shape index (κ3) is 3.37. The van der Waals surface area contributed by atoms with Gasteiger partial charge in [0.05, 0.1) is 5.41 Å². The molecule has 114 valence electrons. The molecule has 0 aromatic heterocycles. The molecule has 3 nitrogen and oxygen atoms in total. The van der Waals surface area contributed by atoms with E-state index in [1.807, 2.05) is 48.5 Å². The summed E-state index contributed by atoms with van der Waals surface area (Å²) in [6.45, 7) is 0.486. The van der Waals surface area contributed by atoms with E-state index in [1.165, 1.54) is 5.56 Å². The van der Waals surface area contributed by atoms with Crippen LogP contribution in [0.3, 0.4) is 0 Å². The van der Waals surface area contributed by atoms with Crippen molar-refractivity contribution >= 4 is 5.91 Å². The summed E-state index contributed by atoms with van der Waals surface area (Å²) < 4.78 is 0. The van der Waals surface area contributed by atoms with Crippen LogP contribution in [0.1, 0.15) is 30.0 Å². The largest absolute Gasteiger partial charge is 0.354 e. The fourth-order valence-electron chi connectivity index (χ4n) is 2.83. The highest BCUT2D eigenvalue weighted by molar-refractivity contribution is 5.85. The van der Waals surface area contributed by atoms with E-state index in [2.05, 4.69) is 17.4 Å². The average Bonchev–Trinajstić information content (AvgIpc) is 3.35. The lowest BCUT2D eigenvalue weighted by atomic mass is 9.95. The fraction of sp³-hybridized carbons (Fsp3) is 0.316. The molecule has 1 fully saturated rings. The van der Waals surface area contributed by atoms with Crippen molar-refractivity contribution in [2.45, 2.75) is 25.3 Å². The van der Waals surface area contributed by atoms with Gasteiger partial charge >= 0.3 is 0 Å². The first kappa shape index (κ1) is 14.8. The molecule has 2 aromatic carbocycles. The monoisotopic (exact) mass is 294 g/mol. The van der Waals surface area contributed by atoms with Gasteiger partial charge in [0.15, 0.2) is 0 Å². The van der Waals surface area contributed by atoms with Crippen LogP contribution in [0.2, 0.25) is 0 Å². The fourth-order valence-corrected chi connectivity index (χ4v) is 2.83. The molecule has 0 saturated heterocycles. The van der Waals surface area contributed by atoms with E-state index in [4.69, 9.17) is 5.73 Å². The van der Waals surface area contributed by atoms with E-state index in [-0.39, 0.29) is 17.4 Å². The summed E-state index contributed by atoms with van der Waals surface area (Å²) in [7, 11) is 0. The van der Waals surface area contributed by atoms with Crippen LogP contribution in [0.5, 0.6) is 0 Å². The summed E-state index contributed by atoms with van der Waals surface area (Å²) in [5.74, 6) is 0.141. The third-order valence-corrected chi connectivity index (χ3v) is 4.43. The Hall–Kier alpha value is -2.13. The topological polar surface area (TPSA) is 55.1 Å². The smallest absolute Gasteiger partial charge is 0.226 e. The molecule has 0 radical (unpaired) electrons. The van der Waals surface area contributed by atoms with E-state index in [9.17, 15) is 4.79 Å². The predicted molar refractivity (Wildman–Crippen MR) is 88.2 cm³/mol. The summed E-state index contributed by atoms with van der Waals surface area (Å²) in [5, 5.41) is 3.04. The Morgan fingerprint density at radius 1 is 1.05 bits per heavy atom. The van der Waals surface area contributed by atoms with Gasteiger partial charge in [-0.05, 0) is 30.4 Å². The minimum atomic E-state index is -0.211. The van der Waals surface area contributed by atoms with Crippen molar-refractivity contribution in [2.75, 3.05) is 6.54 Å². The van der Waals surface area contributed by atoms with E-state index >= 15 is 0 Å². The first-order valence-electron chi connectivity index (χ1n) is 7.82. The highest BCUT2D eigenvalue weighted by atomic mass is 16.2. The number of carbonyl (C=O) groups excluding carboxylic acids is 1. The molecule has 1 saturated carbocycles. The number of nitrogens with one attached hydrogen (secondary N) is 1. The zero-order valence-corrected chi connectivity index (χ0v) is 12.7. The molecule has 3 heteroatoms. The lowest BCUT2D eigenvalue weighted by molar-refractivity contribution is -0.126. The molecule has 0 heterocycles. The molecule has 0 spiro atoms. The number of rotatable bonds is 6. The molecule has 1 aliphatic carbocycles. The van der Waals surface area contributed by atoms with Gasteiger partial charge < -0.3 is 11.1 Å². The molecule has 1 atom stereocenters. The summed E-state index contributed by atoms with van der Waals surface area (Å²) >= 11 is 0. The maximum Gasteiger partial charge on any atom is 0.226 e. The minimum Gasteiger partial charge on any atom is -0.354 e. The zero-order valence-electron chi connectivity index (χ0n) is 12.7. The van der Waals surface area contributed by atoms with Crippen LogP contribution in [0.25, 0.3) is 0 Å². The van der Waals surface area contributed by atoms with Crippen molar-refractivity contribution in [3.8, 4) is 0 Å². The predicted octanol–water partition coefficient (Wildman–Crippen LogP) is 2.83. The molecule has 3 rings (SSSR count). The van der Waals surface area contributed by atoms with Crippen molar-refractivity contribution in [3.05, 3.63) is 71.8 Å². The average molecular weight is 294 g/mol. The second kappa shape index (κ2) is 6.32. The second-order valence-corrected chi connectivity index (χ2v) is 6.17. The van der Waals surface area contributed by atoms with Crippen LogP contribution in [-0.4, -0.2) is 12.5 Å². The van der Waals surface area contributed by atoms with Crippen molar-refractivity contribution in [3.63, 3.8) is 0 Å². The SMILES string of the molecule is NC(CNC(=O)C1(Cc2ccccc2)CC1)c1ccccc1. The van der Waals surface area contributed by atoms with Gasteiger partial charge in [-0.3, -0.25) is 4.79 Å². The van der Waals surface area contributed by atoms with Crippen LogP contribution in [-0.2, 0) is 11.2 Å². The van der Waals surface area contributed by atoms with Gasteiger partial charge in [0.1, 0.15) is 0 Å². The second-order valence-electron chi connectivity index (χ2n) is 6.17. The first-order valence-corrected chi connectivity index (χ1v) is 7.82. The van der Waals surface area contributed by atoms with Crippen molar-refractivity contribution in [2.24, 2.45) is 11.1 Å². The maximum atomic E-state index is 12.5. The van der Waals surface area contributed by atoms with Gasteiger partial charge in [-0.25, -0.2) is 0 Å². The Morgan fingerprint density at radius 2 is 1.64 bits per heavy atom. The van der Waals surface area contributed by atoms with Gasteiger partial charge in [0.2, 0.25) is 5.91 Å². The first-order chi connectivity index (χ1) is 10.7. The number of hydrogen-bond donors (Lipinski definition) is 2. The van der Waals surface area contributed by atoms with E-state index in [0.29, 0.717) is 6.54 Å². The molecule has 1 aliphatic rings. The Morgan fingerprint density at radius 3 is 2.23 bits per heavy atom. The van der Waals surface area contributed by atoms with Crippen LogP contribution < -0.4 is 11.1 Å². The molecule has 0 bridgehead atoms. The Balaban J connectivity index is 1.56. The Labute approximate surface area is 131 Å². The van der Waals surface area contributed by atoms with Gasteiger partial charge in [0.25, 0.3) is 0 Å². The summed E-state index contributed by atoms with van der Waals surface area (Å²) in [5.41, 5.74) is 8.21. The van der Waals surface area contributed by atoms with Gasteiger partial charge in [-0.15, -0.1) is 0 Å². The van der Waals surface area contributed by atoms with E-state index < -0.39 is 0 Å². The number of nitrogens with two attached hydrogens (primary N) is 1. The van der Waals surface area contributed by atoms with E-state index in [1.54, 1.807) is 0 Å². The summed E-state index contributed by atoms with van der Waals surface area (Å²) in [4.78, 5) is 12.5. The van der Waals surface area contributed by atoms with Crippen molar-refractivity contribution in [1.29, 1.82) is 0 Å². The molecule has 0 aliphatic heterocycles. The van der Waals surface area contributed by atoms with Gasteiger partial charge in [0, 0.05) is 12.6 Å². The van der Waals surface area contributed by atoms with Crippen LogP contribution in [0.4, 0.5) is 0 Å².